The van der Waals surface area contributed by atoms with Gasteiger partial charge in [0.05, 0.1) is 13.3 Å². The van der Waals surface area contributed by atoms with Gasteiger partial charge in [0.15, 0.2) is 0 Å². The fourth-order valence-electron chi connectivity index (χ4n) is 4.10. The highest BCUT2D eigenvalue weighted by Gasteiger charge is 2.68. The van der Waals surface area contributed by atoms with Crippen LogP contribution in [0.5, 0.6) is 5.75 Å². The molecule has 4 rings (SSSR count). The molecule has 1 unspecified atom stereocenters. The zero-order valence-corrected chi connectivity index (χ0v) is 19.0. The minimum Gasteiger partial charge on any atom is -0.497 e. The minimum atomic E-state index is -1.73. The third kappa shape index (κ3) is 3.84. The highest BCUT2D eigenvalue weighted by molar-refractivity contribution is 6.63. The number of rotatable bonds is 8. The molecule has 0 saturated carbocycles. The van der Waals surface area contributed by atoms with Gasteiger partial charge in [0.25, 0.3) is 0 Å². The average molecular weight is 448 g/mol. The highest BCUT2D eigenvalue weighted by Crippen LogP contribution is 2.41. The molecule has 174 valence electrons. The number of nitrogens with zero attached hydrogens (tertiary/aromatic N) is 2. The van der Waals surface area contributed by atoms with Crippen molar-refractivity contribution < 1.29 is 37.7 Å². The van der Waals surface area contributed by atoms with Crippen LogP contribution in [0.3, 0.4) is 0 Å². The molecular weight excluding hydrogens is 419 g/mol. The van der Waals surface area contributed by atoms with E-state index in [0.29, 0.717) is 11.2 Å². The lowest BCUT2D eigenvalue weighted by atomic mass is 9.78. The van der Waals surface area contributed by atoms with Crippen molar-refractivity contribution in [2.24, 2.45) is 0 Å². The number of methoxy groups -OCH3 is 5. The summed E-state index contributed by atoms with van der Waals surface area (Å²) in [4.78, 5) is 0. The van der Waals surface area contributed by atoms with Crippen LogP contribution in [-0.4, -0.2) is 71.0 Å². The molecule has 1 atom stereocenters. The second kappa shape index (κ2) is 9.48. The lowest BCUT2D eigenvalue weighted by Crippen LogP contribution is -2.57. The van der Waals surface area contributed by atoms with Crippen molar-refractivity contribution in [1.82, 2.24) is 9.78 Å². The van der Waals surface area contributed by atoms with Gasteiger partial charge in [-0.05, 0) is 30.9 Å². The minimum absolute atomic E-state index is 0.0219. The molecule has 1 aromatic carbocycles. The van der Waals surface area contributed by atoms with Gasteiger partial charge in [-0.25, -0.2) is 4.68 Å². The summed E-state index contributed by atoms with van der Waals surface area (Å²) in [6.45, 7) is 0.763. The molecular formula is C21H29BN2O8. The van der Waals surface area contributed by atoms with Crippen LogP contribution in [0, 0.1) is 0 Å². The van der Waals surface area contributed by atoms with Gasteiger partial charge in [0.1, 0.15) is 12.0 Å². The van der Waals surface area contributed by atoms with E-state index in [0.717, 1.165) is 37.0 Å². The lowest BCUT2D eigenvalue weighted by molar-refractivity contribution is -0.486. The predicted octanol–water partition coefficient (Wildman–Crippen LogP) is 1.89. The first-order valence-electron chi connectivity index (χ1n) is 10.5. The quantitative estimate of drug-likeness (QED) is 0.444. The molecule has 1 aromatic heterocycles. The Morgan fingerprint density at radius 2 is 1.66 bits per heavy atom. The summed E-state index contributed by atoms with van der Waals surface area (Å²) in [5, 5.41) is 4.49. The molecule has 0 radical (unpaired) electrons. The van der Waals surface area contributed by atoms with Gasteiger partial charge in [0.2, 0.25) is 0 Å². The van der Waals surface area contributed by atoms with Gasteiger partial charge in [-0.2, -0.15) is 5.10 Å². The van der Waals surface area contributed by atoms with Crippen LogP contribution in [0.1, 0.15) is 25.5 Å². The maximum atomic E-state index is 5.97. The van der Waals surface area contributed by atoms with Crippen LogP contribution < -0.4 is 10.2 Å². The molecule has 11 heteroatoms. The molecule has 0 spiro atoms. The van der Waals surface area contributed by atoms with Gasteiger partial charge < -0.3 is 37.7 Å². The standard InChI is InChI=1S/C21H29BN2O8/c1-25-18-12-15(16-13-23-24(14-16)19-8-6-7-11-30-19)9-10-17(18)22-31-20(26-2,27-3)21(28-4,29-5)32-22/h9-10,12-14,19H,6-8,11H2,1-5H3. The smallest absolute Gasteiger partial charge is 0.497 e. The van der Waals surface area contributed by atoms with Gasteiger partial charge >= 0.3 is 19.1 Å². The Kier molecular flexibility index (Phi) is 6.87. The van der Waals surface area contributed by atoms with Crippen LogP contribution in [0.2, 0.25) is 0 Å². The molecule has 10 nitrogen and oxygen atoms in total. The fraction of sp³-hybridized carbons (Fsp3) is 0.571. The van der Waals surface area contributed by atoms with Crippen molar-refractivity contribution in [3.05, 3.63) is 30.6 Å². The van der Waals surface area contributed by atoms with E-state index < -0.39 is 19.1 Å². The molecule has 2 aliphatic rings. The molecule has 2 aliphatic heterocycles. The Bertz CT molecular complexity index is 889. The number of ether oxygens (including phenoxy) is 6. The van der Waals surface area contributed by atoms with Crippen LogP contribution in [0.4, 0.5) is 0 Å². The van der Waals surface area contributed by atoms with E-state index in [2.05, 4.69) is 5.10 Å². The molecule has 0 N–H and O–H groups in total. The topological polar surface area (TPSA) is 91.7 Å². The Hall–Kier alpha value is -1.99. The summed E-state index contributed by atoms with van der Waals surface area (Å²) < 4.78 is 47.0. The van der Waals surface area contributed by atoms with E-state index in [1.165, 1.54) is 28.4 Å². The van der Waals surface area contributed by atoms with Crippen LogP contribution in [0.25, 0.3) is 11.1 Å². The van der Waals surface area contributed by atoms with Crippen molar-refractivity contribution in [3.63, 3.8) is 0 Å². The number of benzene rings is 1. The zero-order chi connectivity index (χ0) is 22.8. The maximum Gasteiger partial charge on any atom is 0.505 e. The third-order valence-corrected chi connectivity index (χ3v) is 5.85. The Labute approximate surface area is 187 Å². The van der Waals surface area contributed by atoms with Crippen LogP contribution in [-0.2, 0) is 33.0 Å². The Morgan fingerprint density at radius 3 is 2.22 bits per heavy atom. The third-order valence-electron chi connectivity index (χ3n) is 5.85. The highest BCUT2D eigenvalue weighted by atomic mass is 17.0. The fourth-order valence-corrected chi connectivity index (χ4v) is 4.10. The van der Waals surface area contributed by atoms with Gasteiger partial charge in [-0.15, -0.1) is 0 Å². The van der Waals surface area contributed by atoms with Crippen LogP contribution in [0.15, 0.2) is 30.6 Å². The second-order valence-electron chi connectivity index (χ2n) is 7.48. The molecule has 3 heterocycles. The molecule has 2 fully saturated rings. The van der Waals surface area contributed by atoms with E-state index in [1.54, 1.807) is 7.11 Å². The van der Waals surface area contributed by atoms with E-state index in [1.807, 2.05) is 35.3 Å². The molecule has 0 bridgehead atoms. The molecule has 2 aromatic rings. The second-order valence-corrected chi connectivity index (χ2v) is 7.48. The summed E-state index contributed by atoms with van der Waals surface area (Å²) in [5.74, 6) is -2.91. The molecule has 32 heavy (non-hydrogen) atoms. The van der Waals surface area contributed by atoms with E-state index >= 15 is 0 Å². The monoisotopic (exact) mass is 448 g/mol. The molecule has 2 saturated heterocycles. The molecule has 0 amide bonds. The van der Waals surface area contributed by atoms with E-state index in [-0.39, 0.29) is 6.23 Å². The summed E-state index contributed by atoms with van der Waals surface area (Å²) in [5.41, 5.74) is 2.50. The average Bonchev–Trinajstić information content (AvgIpc) is 3.48. The van der Waals surface area contributed by atoms with Crippen molar-refractivity contribution in [3.8, 4) is 16.9 Å². The summed E-state index contributed by atoms with van der Waals surface area (Å²) >= 11 is 0. The Balaban J connectivity index is 1.61. The van der Waals surface area contributed by atoms with Crippen molar-refractivity contribution in [1.29, 1.82) is 0 Å². The zero-order valence-electron chi connectivity index (χ0n) is 19.0. The lowest BCUT2D eigenvalue weighted by Gasteiger charge is -2.37. The number of aromatic nitrogens is 2. The SMILES string of the molecule is COc1cc(-c2cnn(C3CCCCO3)c2)ccc1B1OC(OC)(OC)C(OC)(OC)O1. The van der Waals surface area contributed by atoms with Crippen molar-refractivity contribution in [2.45, 2.75) is 37.4 Å². The van der Waals surface area contributed by atoms with E-state index in [9.17, 15) is 0 Å². The molecule has 0 aliphatic carbocycles. The first-order chi connectivity index (χ1) is 15.5. The number of hydrogen-bond donors (Lipinski definition) is 0. The summed E-state index contributed by atoms with van der Waals surface area (Å²) in [6.07, 6.45) is 6.97. The van der Waals surface area contributed by atoms with Crippen LogP contribution >= 0.6 is 0 Å². The van der Waals surface area contributed by atoms with Gasteiger partial charge in [-0.1, -0.05) is 12.1 Å². The number of hydrogen-bond acceptors (Lipinski definition) is 9. The first kappa shape index (κ1) is 23.2. The van der Waals surface area contributed by atoms with Crippen molar-refractivity contribution >= 4 is 12.6 Å². The van der Waals surface area contributed by atoms with Gasteiger partial charge in [-0.3, -0.25) is 0 Å². The van der Waals surface area contributed by atoms with E-state index in [4.69, 9.17) is 37.7 Å². The van der Waals surface area contributed by atoms with Gasteiger partial charge in [0, 0.05) is 52.3 Å². The first-order valence-corrected chi connectivity index (χ1v) is 10.5. The normalized spacial score (nSPS) is 22.3. The summed E-state index contributed by atoms with van der Waals surface area (Å²) in [7, 11) is 6.30. The summed E-state index contributed by atoms with van der Waals surface area (Å²) in [6, 6.07) is 5.69. The largest absolute Gasteiger partial charge is 0.505 e. The predicted molar refractivity (Wildman–Crippen MR) is 114 cm³/mol. The maximum absolute atomic E-state index is 5.97. The van der Waals surface area contributed by atoms with Crippen molar-refractivity contribution in [2.75, 3.05) is 42.2 Å². The Morgan fingerprint density at radius 1 is 0.969 bits per heavy atom.